The summed E-state index contributed by atoms with van der Waals surface area (Å²) in [6.45, 7) is 3.11. The van der Waals surface area contributed by atoms with Crippen molar-refractivity contribution in [1.82, 2.24) is 9.88 Å². The van der Waals surface area contributed by atoms with Gasteiger partial charge >= 0.3 is 0 Å². The van der Waals surface area contributed by atoms with E-state index < -0.39 is 0 Å². The molecule has 1 heterocycles. The molecule has 4 heteroatoms. The summed E-state index contributed by atoms with van der Waals surface area (Å²) in [6.07, 6.45) is 5.29. The van der Waals surface area contributed by atoms with Crippen molar-refractivity contribution in [3.63, 3.8) is 0 Å². The highest BCUT2D eigenvalue weighted by Crippen LogP contribution is 2.29. The Morgan fingerprint density at radius 3 is 2.72 bits per heavy atom. The van der Waals surface area contributed by atoms with Crippen LogP contribution in [0.2, 0.25) is 10.2 Å². The molecule has 0 spiro atoms. The fourth-order valence-corrected chi connectivity index (χ4v) is 3.20. The van der Waals surface area contributed by atoms with E-state index in [1.807, 2.05) is 6.07 Å². The number of aromatic nitrogens is 1. The molecule has 2 unspecified atom stereocenters. The van der Waals surface area contributed by atoms with Crippen molar-refractivity contribution >= 4 is 23.2 Å². The van der Waals surface area contributed by atoms with Crippen LogP contribution >= 0.6 is 23.2 Å². The van der Waals surface area contributed by atoms with E-state index in [0.29, 0.717) is 16.2 Å². The van der Waals surface area contributed by atoms with Gasteiger partial charge in [-0.15, -0.1) is 0 Å². The average Bonchev–Trinajstić information content (AvgIpc) is 2.34. The van der Waals surface area contributed by atoms with Crippen molar-refractivity contribution in [2.24, 2.45) is 5.92 Å². The first-order valence-corrected chi connectivity index (χ1v) is 7.34. The minimum atomic E-state index is 0.513. The van der Waals surface area contributed by atoms with Gasteiger partial charge in [0.05, 0.1) is 10.7 Å². The molecule has 100 valence electrons. The van der Waals surface area contributed by atoms with Gasteiger partial charge in [-0.25, -0.2) is 4.98 Å². The van der Waals surface area contributed by atoms with E-state index in [-0.39, 0.29) is 0 Å². The van der Waals surface area contributed by atoms with Crippen molar-refractivity contribution in [3.05, 3.63) is 28.0 Å². The molecule has 0 aliphatic heterocycles. The van der Waals surface area contributed by atoms with Crippen molar-refractivity contribution in [3.8, 4) is 0 Å². The van der Waals surface area contributed by atoms with E-state index >= 15 is 0 Å². The van der Waals surface area contributed by atoms with Crippen LogP contribution in [0, 0.1) is 5.92 Å². The molecule has 1 aliphatic carbocycles. The number of hydrogen-bond donors (Lipinski definition) is 0. The van der Waals surface area contributed by atoms with Gasteiger partial charge in [-0.1, -0.05) is 43.0 Å². The zero-order valence-corrected chi connectivity index (χ0v) is 12.5. The quantitative estimate of drug-likeness (QED) is 0.766. The third-order valence-electron chi connectivity index (χ3n) is 3.92. The summed E-state index contributed by atoms with van der Waals surface area (Å²) in [5.74, 6) is 0.752. The molecule has 0 saturated heterocycles. The zero-order chi connectivity index (χ0) is 13.1. The number of nitrogens with zero attached hydrogens (tertiary/aromatic N) is 2. The summed E-state index contributed by atoms with van der Waals surface area (Å²) in [7, 11) is 2.16. The second kappa shape index (κ2) is 6.23. The second-order valence-corrected chi connectivity index (χ2v) is 6.10. The topological polar surface area (TPSA) is 16.1 Å². The van der Waals surface area contributed by atoms with Gasteiger partial charge in [0.2, 0.25) is 0 Å². The highest BCUT2D eigenvalue weighted by atomic mass is 35.5. The first-order chi connectivity index (χ1) is 8.58. The molecule has 0 N–H and O–H groups in total. The Kier molecular flexibility index (Phi) is 4.88. The minimum Gasteiger partial charge on any atom is -0.297 e. The Hall–Kier alpha value is -0.310. The predicted molar refractivity (Wildman–Crippen MR) is 77.1 cm³/mol. The number of rotatable bonds is 3. The highest BCUT2D eigenvalue weighted by Gasteiger charge is 2.25. The maximum Gasteiger partial charge on any atom is 0.129 e. The van der Waals surface area contributed by atoms with Crippen LogP contribution in [0.15, 0.2) is 12.1 Å². The van der Waals surface area contributed by atoms with Crippen LogP contribution in [0.5, 0.6) is 0 Å². The van der Waals surface area contributed by atoms with E-state index in [1.165, 1.54) is 25.7 Å². The summed E-state index contributed by atoms with van der Waals surface area (Å²) >= 11 is 12.1. The van der Waals surface area contributed by atoms with Crippen LogP contribution in [0.1, 0.15) is 38.3 Å². The maximum atomic E-state index is 6.17. The summed E-state index contributed by atoms with van der Waals surface area (Å²) in [5, 5.41) is 1.22. The number of pyridine rings is 1. The molecule has 1 aromatic rings. The van der Waals surface area contributed by atoms with Gasteiger partial charge in [-0.2, -0.15) is 0 Å². The molecule has 2 nitrogen and oxygen atoms in total. The van der Waals surface area contributed by atoms with Gasteiger partial charge in [0, 0.05) is 12.6 Å². The van der Waals surface area contributed by atoms with Crippen LogP contribution in [0.4, 0.5) is 0 Å². The van der Waals surface area contributed by atoms with Gasteiger partial charge in [-0.3, -0.25) is 4.90 Å². The van der Waals surface area contributed by atoms with Crippen LogP contribution in [-0.4, -0.2) is 23.0 Å². The Labute approximate surface area is 119 Å². The largest absolute Gasteiger partial charge is 0.297 e. The maximum absolute atomic E-state index is 6.17. The Bertz CT molecular complexity index is 409. The molecular weight excluding hydrogens is 267 g/mol. The smallest absolute Gasteiger partial charge is 0.129 e. The van der Waals surface area contributed by atoms with E-state index in [4.69, 9.17) is 23.2 Å². The SMILES string of the molecule is CC1CCCCC1N(C)Cc1nc(Cl)ccc1Cl. The van der Waals surface area contributed by atoms with Gasteiger partial charge in [0.15, 0.2) is 0 Å². The standard InChI is InChI=1S/C14H20Cl2N2/c1-10-5-3-4-6-13(10)18(2)9-12-11(15)7-8-14(16)17-12/h7-8,10,13H,3-6,9H2,1-2H3. The molecule has 0 radical (unpaired) electrons. The van der Waals surface area contributed by atoms with Gasteiger partial charge < -0.3 is 0 Å². The molecule has 1 aliphatic rings. The second-order valence-electron chi connectivity index (χ2n) is 5.31. The normalized spacial score (nSPS) is 24.5. The molecule has 0 bridgehead atoms. The molecule has 2 rings (SSSR count). The first kappa shape index (κ1) is 14.1. The predicted octanol–water partition coefficient (Wildman–Crippen LogP) is 4.40. The average molecular weight is 287 g/mol. The molecule has 1 aromatic heterocycles. The Balaban J connectivity index is 2.05. The summed E-state index contributed by atoms with van der Waals surface area (Å²) in [5.41, 5.74) is 0.879. The summed E-state index contributed by atoms with van der Waals surface area (Å²) in [6, 6.07) is 4.19. The van der Waals surface area contributed by atoms with Gasteiger partial charge in [0.25, 0.3) is 0 Å². The lowest BCUT2D eigenvalue weighted by molar-refractivity contribution is 0.132. The molecular formula is C14H20Cl2N2. The Morgan fingerprint density at radius 2 is 2.00 bits per heavy atom. The highest BCUT2D eigenvalue weighted by molar-refractivity contribution is 6.32. The van der Waals surface area contributed by atoms with Crippen molar-refractivity contribution in [2.75, 3.05) is 7.05 Å². The molecule has 2 atom stereocenters. The van der Waals surface area contributed by atoms with Crippen LogP contribution in [0.3, 0.4) is 0 Å². The van der Waals surface area contributed by atoms with E-state index in [9.17, 15) is 0 Å². The lowest BCUT2D eigenvalue weighted by Gasteiger charge is -2.36. The van der Waals surface area contributed by atoms with E-state index in [0.717, 1.165) is 18.2 Å². The molecule has 0 aromatic carbocycles. The van der Waals surface area contributed by atoms with Crippen LogP contribution in [-0.2, 0) is 6.54 Å². The minimum absolute atomic E-state index is 0.513. The van der Waals surface area contributed by atoms with E-state index in [1.54, 1.807) is 6.07 Å². The Morgan fingerprint density at radius 1 is 1.28 bits per heavy atom. The van der Waals surface area contributed by atoms with E-state index in [2.05, 4.69) is 23.9 Å². The fraction of sp³-hybridized carbons (Fsp3) is 0.643. The number of hydrogen-bond acceptors (Lipinski definition) is 2. The monoisotopic (exact) mass is 286 g/mol. The molecule has 0 amide bonds. The van der Waals surface area contributed by atoms with Gasteiger partial charge in [-0.05, 0) is 37.9 Å². The van der Waals surface area contributed by atoms with Crippen molar-refractivity contribution in [1.29, 1.82) is 0 Å². The lowest BCUT2D eigenvalue weighted by atomic mass is 9.85. The molecule has 1 fully saturated rings. The van der Waals surface area contributed by atoms with Crippen LogP contribution < -0.4 is 0 Å². The third kappa shape index (κ3) is 3.37. The zero-order valence-electron chi connectivity index (χ0n) is 11.0. The summed E-state index contributed by atoms with van der Waals surface area (Å²) in [4.78, 5) is 6.69. The molecule has 18 heavy (non-hydrogen) atoms. The fourth-order valence-electron chi connectivity index (χ4n) is 2.87. The lowest BCUT2D eigenvalue weighted by Crippen LogP contribution is -2.38. The first-order valence-electron chi connectivity index (χ1n) is 6.59. The summed E-state index contributed by atoms with van der Waals surface area (Å²) < 4.78 is 0. The third-order valence-corrected chi connectivity index (χ3v) is 4.47. The van der Waals surface area contributed by atoms with Crippen molar-refractivity contribution in [2.45, 2.75) is 45.2 Å². The van der Waals surface area contributed by atoms with Gasteiger partial charge in [0.1, 0.15) is 5.15 Å². The van der Waals surface area contributed by atoms with Crippen molar-refractivity contribution < 1.29 is 0 Å². The van der Waals surface area contributed by atoms with Crippen LogP contribution in [0.25, 0.3) is 0 Å². The number of halogens is 2. The molecule has 1 saturated carbocycles.